The summed E-state index contributed by atoms with van der Waals surface area (Å²) in [6.07, 6.45) is 4.03. The Kier molecular flexibility index (Phi) is 7.36. The van der Waals surface area contributed by atoms with E-state index in [0.717, 1.165) is 71.5 Å². The van der Waals surface area contributed by atoms with Crippen molar-refractivity contribution in [2.24, 2.45) is 5.92 Å². The molecule has 0 bridgehead atoms. The van der Waals surface area contributed by atoms with Crippen LogP contribution in [-0.2, 0) is 26.2 Å². The van der Waals surface area contributed by atoms with E-state index in [2.05, 4.69) is 29.2 Å². The van der Waals surface area contributed by atoms with Crippen molar-refractivity contribution in [2.45, 2.75) is 44.6 Å². The molecular formula is C25H37N3O4. The maximum Gasteiger partial charge on any atom is 0.409 e. The number of amides is 2. The zero-order valence-electron chi connectivity index (χ0n) is 19.6. The van der Waals surface area contributed by atoms with Crippen LogP contribution in [0.15, 0.2) is 24.3 Å². The summed E-state index contributed by atoms with van der Waals surface area (Å²) in [5, 5.41) is 0. The molecule has 0 aliphatic carbocycles. The number of piperidine rings is 2. The molecule has 7 heteroatoms. The molecule has 3 heterocycles. The molecule has 0 radical (unpaired) electrons. The van der Waals surface area contributed by atoms with Crippen molar-refractivity contribution in [3.8, 4) is 0 Å². The largest absolute Gasteiger partial charge is 0.447 e. The van der Waals surface area contributed by atoms with E-state index in [-0.39, 0.29) is 17.4 Å². The Morgan fingerprint density at radius 1 is 1.03 bits per heavy atom. The second-order valence-corrected chi connectivity index (χ2v) is 9.65. The fraction of sp³-hybridized carbons (Fsp3) is 0.680. The fourth-order valence-electron chi connectivity index (χ4n) is 5.67. The molecule has 3 aliphatic heterocycles. The van der Waals surface area contributed by atoms with Crippen LogP contribution >= 0.6 is 0 Å². The number of fused-ring (bicyclic) bond motifs is 2. The summed E-state index contributed by atoms with van der Waals surface area (Å²) in [6.45, 7) is 8.81. The third-order valence-electron chi connectivity index (χ3n) is 7.60. The summed E-state index contributed by atoms with van der Waals surface area (Å²) in [4.78, 5) is 30.8. The van der Waals surface area contributed by atoms with Gasteiger partial charge in [-0.2, -0.15) is 0 Å². The van der Waals surface area contributed by atoms with Crippen molar-refractivity contribution >= 4 is 12.0 Å². The number of benzene rings is 1. The quantitative estimate of drug-likeness (QED) is 0.655. The van der Waals surface area contributed by atoms with Crippen LogP contribution in [0, 0.1) is 5.92 Å². The molecule has 7 nitrogen and oxygen atoms in total. The van der Waals surface area contributed by atoms with Gasteiger partial charge in [0.15, 0.2) is 0 Å². The smallest absolute Gasteiger partial charge is 0.409 e. The molecule has 4 rings (SSSR count). The highest BCUT2D eigenvalue weighted by Crippen LogP contribution is 2.42. The molecule has 3 aliphatic rings. The molecule has 2 amide bonds. The number of likely N-dealkylation sites (tertiary alicyclic amines) is 2. The lowest BCUT2D eigenvalue weighted by molar-refractivity contribution is -0.131. The number of carbonyl (C=O) groups is 2. The van der Waals surface area contributed by atoms with Gasteiger partial charge in [-0.1, -0.05) is 24.3 Å². The second-order valence-electron chi connectivity index (χ2n) is 9.65. The molecule has 32 heavy (non-hydrogen) atoms. The summed E-state index contributed by atoms with van der Waals surface area (Å²) >= 11 is 0. The SMILES string of the molecule is COCCOC(=O)N1CCC(CN2CCC3(CC2)CN(C(C)=O)Cc2ccccc23)CC1. The van der Waals surface area contributed by atoms with Gasteiger partial charge < -0.3 is 24.2 Å². The van der Waals surface area contributed by atoms with Gasteiger partial charge >= 0.3 is 6.09 Å². The monoisotopic (exact) mass is 443 g/mol. The van der Waals surface area contributed by atoms with Gasteiger partial charge in [-0.05, 0) is 55.8 Å². The first kappa shape index (κ1) is 23.1. The summed E-state index contributed by atoms with van der Waals surface area (Å²) in [5.41, 5.74) is 2.86. The van der Waals surface area contributed by atoms with Crippen LogP contribution in [0.4, 0.5) is 4.79 Å². The van der Waals surface area contributed by atoms with Gasteiger partial charge in [-0.3, -0.25) is 4.79 Å². The van der Waals surface area contributed by atoms with E-state index in [1.807, 2.05) is 9.80 Å². The van der Waals surface area contributed by atoms with Crippen LogP contribution in [0.3, 0.4) is 0 Å². The zero-order chi connectivity index (χ0) is 22.6. The molecule has 2 saturated heterocycles. The van der Waals surface area contributed by atoms with Crippen LogP contribution in [-0.4, -0.2) is 86.3 Å². The van der Waals surface area contributed by atoms with Crippen LogP contribution in [0.5, 0.6) is 0 Å². The number of methoxy groups -OCH3 is 1. The van der Waals surface area contributed by atoms with Gasteiger partial charge in [-0.15, -0.1) is 0 Å². The fourth-order valence-corrected chi connectivity index (χ4v) is 5.67. The lowest BCUT2D eigenvalue weighted by Gasteiger charge is -2.49. The van der Waals surface area contributed by atoms with E-state index in [0.29, 0.717) is 19.1 Å². The Hall–Kier alpha value is -2.12. The summed E-state index contributed by atoms with van der Waals surface area (Å²) in [7, 11) is 1.61. The zero-order valence-corrected chi connectivity index (χ0v) is 19.6. The van der Waals surface area contributed by atoms with Gasteiger partial charge in [0.2, 0.25) is 5.91 Å². The highest BCUT2D eigenvalue weighted by molar-refractivity contribution is 5.74. The maximum absolute atomic E-state index is 12.2. The second kappa shape index (κ2) is 10.2. The van der Waals surface area contributed by atoms with Crippen molar-refractivity contribution < 1.29 is 19.1 Å². The molecule has 2 fully saturated rings. The number of hydrogen-bond acceptors (Lipinski definition) is 5. The van der Waals surface area contributed by atoms with Gasteiger partial charge in [0.05, 0.1) is 6.61 Å². The molecule has 1 aromatic carbocycles. The van der Waals surface area contributed by atoms with Crippen molar-refractivity contribution in [1.82, 2.24) is 14.7 Å². The van der Waals surface area contributed by atoms with Gasteiger partial charge in [0.25, 0.3) is 0 Å². The van der Waals surface area contributed by atoms with Gasteiger partial charge in [-0.25, -0.2) is 4.79 Å². The molecule has 0 N–H and O–H groups in total. The summed E-state index contributed by atoms with van der Waals surface area (Å²) < 4.78 is 10.2. The summed E-state index contributed by atoms with van der Waals surface area (Å²) in [6, 6.07) is 8.70. The van der Waals surface area contributed by atoms with Gasteiger partial charge in [0.1, 0.15) is 6.61 Å². The topological polar surface area (TPSA) is 62.3 Å². The van der Waals surface area contributed by atoms with Crippen molar-refractivity contribution in [3.05, 3.63) is 35.4 Å². The Balaban J connectivity index is 1.28. The first-order valence-electron chi connectivity index (χ1n) is 12.0. The number of hydrogen-bond donors (Lipinski definition) is 0. The average Bonchev–Trinajstić information content (AvgIpc) is 2.81. The minimum atomic E-state index is -0.216. The van der Waals surface area contributed by atoms with Crippen LogP contribution < -0.4 is 0 Å². The van der Waals surface area contributed by atoms with E-state index < -0.39 is 0 Å². The standard InChI is InChI=1S/C25H37N3O4/c1-20(29)28-18-22-5-3-4-6-23(22)25(19-28)9-13-26(14-10-25)17-21-7-11-27(12-8-21)24(30)32-16-15-31-2/h3-6,21H,7-19H2,1-2H3. The van der Waals surface area contributed by atoms with Crippen LogP contribution in [0.2, 0.25) is 0 Å². The Bertz CT molecular complexity index is 798. The van der Waals surface area contributed by atoms with E-state index in [9.17, 15) is 9.59 Å². The molecule has 0 saturated carbocycles. The number of rotatable bonds is 5. The van der Waals surface area contributed by atoms with E-state index in [1.165, 1.54) is 11.1 Å². The molecule has 176 valence electrons. The molecular weight excluding hydrogens is 406 g/mol. The summed E-state index contributed by atoms with van der Waals surface area (Å²) in [5.74, 6) is 0.799. The molecule has 0 unspecified atom stereocenters. The van der Waals surface area contributed by atoms with Crippen molar-refractivity contribution in [1.29, 1.82) is 0 Å². The highest BCUT2D eigenvalue weighted by Gasteiger charge is 2.42. The number of ether oxygens (including phenoxy) is 2. The predicted octanol–water partition coefficient (Wildman–Crippen LogP) is 2.88. The van der Waals surface area contributed by atoms with E-state index in [1.54, 1.807) is 14.0 Å². The lowest BCUT2D eigenvalue weighted by atomic mass is 9.68. The predicted molar refractivity (Wildman–Crippen MR) is 122 cm³/mol. The minimum Gasteiger partial charge on any atom is -0.447 e. The highest BCUT2D eigenvalue weighted by atomic mass is 16.6. The molecule has 1 spiro atoms. The normalized spacial score (nSPS) is 21.4. The molecule has 0 aromatic heterocycles. The minimum absolute atomic E-state index is 0.0896. The van der Waals surface area contributed by atoms with Crippen molar-refractivity contribution in [3.63, 3.8) is 0 Å². The van der Waals surface area contributed by atoms with E-state index >= 15 is 0 Å². The van der Waals surface area contributed by atoms with Gasteiger partial charge in [0, 0.05) is 52.2 Å². The first-order valence-corrected chi connectivity index (χ1v) is 12.0. The Morgan fingerprint density at radius 3 is 2.44 bits per heavy atom. The molecule has 1 aromatic rings. The van der Waals surface area contributed by atoms with Crippen molar-refractivity contribution in [2.75, 3.05) is 59.6 Å². The third kappa shape index (κ3) is 5.09. The van der Waals surface area contributed by atoms with Crippen LogP contribution in [0.25, 0.3) is 0 Å². The van der Waals surface area contributed by atoms with Crippen LogP contribution in [0.1, 0.15) is 43.7 Å². The third-order valence-corrected chi connectivity index (χ3v) is 7.60. The first-order chi connectivity index (χ1) is 15.5. The Labute approximate surface area is 191 Å². The van der Waals surface area contributed by atoms with E-state index in [4.69, 9.17) is 9.47 Å². The average molecular weight is 444 g/mol. The maximum atomic E-state index is 12.2. The molecule has 0 atom stereocenters. The number of nitrogens with zero attached hydrogens (tertiary/aromatic N) is 3. The number of carbonyl (C=O) groups excluding carboxylic acids is 2. The lowest BCUT2D eigenvalue weighted by Crippen LogP contribution is -2.53. The Morgan fingerprint density at radius 2 is 1.75 bits per heavy atom.